The van der Waals surface area contributed by atoms with Gasteiger partial charge in [0.1, 0.15) is 11.3 Å². The molecule has 0 fully saturated rings. The fourth-order valence-corrected chi connectivity index (χ4v) is 2.30. The number of ketones is 1. The van der Waals surface area contributed by atoms with Crippen molar-refractivity contribution in [2.75, 3.05) is 21.3 Å². The van der Waals surface area contributed by atoms with Gasteiger partial charge >= 0.3 is 5.97 Å². The van der Waals surface area contributed by atoms with Crippen molar-refractivity contribution in [2.45, 2.75) is 13.0 Å². The number of methoxy groups -OCH3 is 3. The number of benzene rings is 2. The lowest BCUT2D eigenvalue weighted by molar-refractivity contribution is 0.0315. The van der Waals surface area contributed by atoms with E-state index in [0.29, 0.717) is 17.1 Å². The molecule has 0 aliphatic heterocycles. The second-order valence-corrected chi connectivity index (χ2v) is 5.19. The molecule has 2 rings (SSSR count). The molecule has 6 heteroatoms. The molecule has 0 saturated carbocycles. The van der Waals surface area contributed by atoms with Crippen LogP contribution in [0.3, 0.4) is 0 Å². The van der Waals surface area contributed by atoms with E-state index < -0.39 is 12.1 Å². The zero-order chi connectivity index (χ0) is 18.4. The third-order valence-electron chi connectivity index (χ3n) is 3.64. The van der Waals surface area contributed by atoms with Crippen LogP contribution in [0.4, 0.5) is 0 Å². The first kappa shape index (κ1) is 18.3. The van der Waals surface area contributed by atoms with Gasteiger partial charge in [0.05, 0.1) is 21.3 Å². The summed E-state index contributed by atoms with van der Waals surface area (Å²) in [6.07, 6.45) is -0.937. The highest BCUT2D eigenvalue weighted by molar-refractivity contribution is 6.02. The van der Waals surface area contributed by atoms with Gasteiger partial charge in [-0.15, -0.1) is 0 Å². The second-order valence-electron chi connectivity index (χ2n) is 5.19. The summed E-state index contributed by atoms with van der Waals surface area (Å²) >= 11 is 0. The van der Waals surface area contributed by atoms with Gasteiger partial charge in [-0.05, 0) is 6.92 Å². The Morgan fingerprint density at radius 1 is 0.840 bits per heavy atom. The molecule has 0 radical (unpaired) electrons. The van der Waals surface area contributed by atoms with Crippen molar-refractivity contribution >= 4 is 11.8 Å². The molecule has 0 N–H and O–H groups in total. The Morgan fingerprint density at radius 2 is 1.40 bits per heavy atom. The van der Waals surface area contributed by atoms with Crippen molar-refractivity contribution in [3.63, 3.8) is 0 Å². The van der Waals surface area contributed by atoms with Crippen molar-refractivity contribution in [2.24, 2.45) is 0 Å². The highest BCUT2D eigenvalue weighted by Gasteiger charge is 2.24. The fraction of sp³-hybridized carbons (Fsp3) is 0.263. The van der Waals surface area contributed by atoms with Crippen molar-refractivity contribution in [3.8, 4) is 17.2 Å². The Morgan fingerprint density at radius 3 is 1.96 bits per heavy atom. The van der Waals surface area contributed by atoms with Crippen LogP contribution in [0.1, 0.15) is 27.6 Å². The van der Waals surface area contributed by atoms with Crippen LogP contribution < -0.4 is 14.2 Å². The molecule has 0 aliphatic carbocycles. The third-order valence-corrected chi connectivity index (χ3v) is 3.64. The largest absolute Gasteiger partial charge is 0.496 e. The van der Waals surface area contributed by atoms with E-state index in [2.05, 4.69) is 0 Å². The monoisotopic (exact) mass is 344 g/mol. The number of esters is 1. The van der Waals surface area contributed by atoms with E-state index in [4.69, 9.17) is 18.9 Å². The highest BCUT2D eigenvalue weighted by atomic mass is 16.5. The quantitative estimate of drug-likeness (QED) is 0.568. The molecule has 0 spiro atoms. The number of Topliss-reactive ketones (excluding diaryl/α,β-unsaturated/α-hetero) is 1. The highest BCUT2D eigenvalue weighted by Crippen LogP contribution is 2.35. The molecule has 0 heterocycles. The van der Waals surface area contributed by atoms with Crippen LogP contribution >= 0.6 is 0 Å². The van der Waals surface area contributed by atoms with E-state index in [1.165, 1.54) is 40.4 Å². The molecule has 2 aromatic carbocycles. The van der Waals surface area contributed by atoms with Gasteiger partial charge in [-0.3, -0.25) is 4.79 Å². The minimum absolute atomic E-state index is 0.146. The maximum atomic E-state index is 12.5. The molecule has 0 bridgehead atoms. The lowest BCUT2D eigenvalue weighted by Gasteiger charge is -2.16. The summed E-state index contributed by atoms with van der Waals surface area (Å²) in [4.78, 5) is 24.8. The van der Waals surface area contributed by atoms with Crippen LogP contribution in [-0.2, 0) is 4.74 Å². The average Bonchev–Trinajstić information content (AvgIpc) is 2.66. The van der Waals surface area contributed by atoms with Crippen LogP contribution in [-0.4, -0.2) is 39.2 Å². The summed E-state index contributed by atoms with van der Waals surface area (Å²) in [5, 5.41) is 0. The Kier molecular flexibility index (Phi) is 6.00. The maximum Gasteiger partial charge on any atom is 0.342 e. The molecule has 25 heavy (non-hydrogen) atoms. The first-order valence-electron chi connectivity index (χ1n) is 7.62. The lowest BCUT2D eigenvalue weighted by Crippen LogP contribution is -2.24. The Bertz CT molecular complexity index is 754. The predicted octanol–water partition coefficient (Wildman–Crippen LogP) is 3.14. The molecule has 0 amide bonds. The molecule has 0 aromatic heterocycles. The standard InChI is InChI=1S/C19H20O6/c1-12(18(20)13-8-6-5-7-9-13)25-19(21)14-10-16(23-3)17(24-4)11-15(14)22-2/h5-12H,1-4H3. The van der Waals surface area contributed by atoms with Gasteiger partial charge < -0.3 is 18.9 Å². The first-order chi connectivity index (χ1) is 12.0. The topological polar surface area (TPSA) is 71.1 Å². The van der Waals surface area contributed by atoms with Crippen molar-refractivity contribution in [1.82, 2.24) is 0 Å². The number of rotatable bonds is 7. The number of carbonyl (C=O) groups excluding carboxylic acids is 2. The summed E-state index contributed by atoms with van der Waals surface area (Å²) < 4.78 is 20.9. The summed E-state index contributed by atoms with van der Waals surface area (Å²) in [6.45, 7) is 1.53. The molecule has 0 saturated heterocycles. The Hall–Kier alpha value is -3.02. The molecule has 0 aliphatic rings. The Balaban J connectivity index is 2.24. The van der Waals surface area contributed by atoms with Gasteiger partial charge in [0, 0.05) is 17.7 Å². The van der Waals surface area contributed by atoms with E-state index in [-0.39, 0.29) is 17.1 Å². The lowest BCUT2D eigenvalue weighted by atomic mass is 10.1. The number of hydrogen-bond acceptors (Lipinski definition) is 6. The molecule has 1 unspecified atom stereocenters. The molecular formula is C19H20O6. The SMILES string of the molecule is COc1cc(OC)c(C(=O)OC(C)C(=O)c2ccccc2)cc1OC. The molecule has 6 nitrogen and oxygen atoms in total. The summed E-state index contributed by atoms with van der Waals surface area (Å²) in [5.74, 6) is 0.0755. The van der Waals surface area contributed by atoms with Crippen molar-refractivity contribution in [1.29, 1.82) is 0 Å². The number of ether oxygens (including phenoxy) is 4. The van der Waals surface area contributed by atoms with Gasteiger partial charge in [0.2, 0.25) is 5.78 Å². The number of hydrogen-bond donors (Lipinski definition) is 0. The van der Waals surface area contributed by atoms with E-state index >= 15 is 0 Å². The van der Waals surface area contributed by atoms with E-state index in [1.807, 2.05) is 6.07 Å². The van der Waals surface area contributed by atoms with Crippen LogP contribution in [0.5, 0.6) is 17.2 Å². The number of carbonyl (C=O) groups is 2. The smallest absolute Gasteiger partial charge is 0.342 e. The van der Waals surface area contributed by atoms with Gasteiger partial charge in [-0.1, -0.05) is 30.3 Å². The van der Waals surface area contributed by atoms with Crippen LogP contribution in [0.2, 0.25) is 0 Å². The Labute approximate surface area is 146 Å². The minimum atomic E-state index is -0.937. The fourth-order valence-electron chi connectivity index (χ4n) is 2.30. The van der Waals surface area contributed by atoms with Gasteiger partial charge in [0.25, 0.3) is 0 Å². The summed E-state index contributed by atoms with van der Waals surface area (Å²) in [7, 11) is 4.37. The first-order valence-corrected chi connectivity index (χ1v) is 7.62. The predicted molar refractivity (Wildman–Crippen MR) is 91.7 cm³/mol. The molecule has 2 aromatic rings. The van der Waals surface area contributed by atoms with Crippen molar-refractivity contribution in [3.05, 3.63) is 53.6 Å². The van der Waals surface area contributed by atoms with Crippen LogP contribution in [0.25, 0.3) is 0 Å². The zero-order valence-corrected chi connectivity index (χ0v) is 14.6. The zero-order valence-electron chi connectivity index (χ0n) is 14.6. The van der Waals surface area contributed by atoms with Crippen LogP contribution in [0.15, 0.2) is 42.5 Å². The van der Waals surface area contributed by atoms with Crippen LogP contribution in [0, 0.1) is 0 Å². The summed E-state index contributed by atoms with van der Waals surface area (Å²) in [6, 6.07) is 11.6. The average molecular weight is 344 g/mol. The minimum Gasteiger partial charge on any atom is -0.496 e. The van der Waals surface area contributed by atoms with E-state index in [0.717, 1.165) is 0 Å². The van der Waals surface area contributed by atoms with E-state index in [1.54, 1.807) is 24.3 Å². The molecule has 132 valence electrons. The van der Waals surface area contributed by atoms with Gasteiger partial charge in [-0.25, -0.2) is 4.79 Å². The second kappa shape index (κ2) is 8.19. The summed E-state index contributed by atoms with van der Waals surface area (Å²) in [5.41, 5.74) is 0.620. The molecular weight excluding hydrogens is 324 g/mol. The maximum absolute atomic E-state index is 12.5. The van der Waals surface area contributed by atoms with Gasteiger partial charge in [0.15, 0.2) is 17.6 Å². The third kappa shape index (κ3) is 4.09. The normalized spacial score (nSPS) is 11.4. The van der Waals surface area contributed by atoms with E-state index in [9.17, 15) is 9.59 Å². The van der Waals surface area contributed by atoms with Gasteiger partial charge in [-0.2, -0.15) is 0 Å². The molecule has 1 atom stereocenters. The van der Waals surface area contributed by atoms with Crippen molar-refractivity contribution < 1.29 is 28.5 Å².